The zero-order valence-corrected chi connectivity index (χ0v) is 10.0. The number of nitrogens with one attached hydrogen (secondary N) is 1. The maximum atomic E-state index is 13.8. The van der Waals surface area contributed by atoms with E-state index in [9.17, 15) is 13.2 Å². The minimum Gasteiger partial charge on any atom is -0.285 e. The smallest absolute Gasteiger partial charge is 0.282 e. The van der Waals surface area contributed by atoms with Crippen LogP contribution in [0.4, 0.5) is 13.2 Å². The lowest BCUT2D eigenvalue weighted by Crippen LogP contribution is -1.94. The molecule has 2 rings (SSSR count). The van der Waals surface area contributed by atoms with Gasteiger partial charge in [0.1, 0.15) is 11.5 Å². The monoisotopic (exact) mass is 254 g/mol. The summed E-state index contributed by atoms with van der Waals surface area (Å²) < 4.78 is 39.2. The van der Waals surface area contributed by atoms with Crippen molar-refractivity contribution in [2.24, 2.45) is 0 Å². The number of hydrogen-bond acceptors (Lipinski definition) is 1. The average Bonchev–Trinajstić information content (AvgIpc) is 2.77. The molecule has 0 amide bonds. The molecule has 18 heavy (non-hydrogen) atoms. The van der Waals surface area contributed by atoms with Crippen LogP contribution in [0.15, 0.2) is 24.4 Å². The van der Waals surface area contributed by atoms with E-state index in [1.54, 1.807) is 12.1 Å². The van der Waals surface area contributed by atoms with Crippen LogP contribution in [-0.2, 0) is 0 Å². The SMILES string of the molecule is CC(C)c1ccc(-c2c[nH]nc2C(F)F)cc1F. The normalized spacial score (nSPS) is 11.5. The van der Waals surface area contributed by atoms with Crippen molar-refractivity contribution in [3.8, 4) is 11.1 Å². The lowest BCUT2D eigenvalue weighted by atomic mass is 9.98. The van der Waals surface area contributed by atoms with Crippen LogP contribution in [0.2, 0.25) is 0 Å². The quantitative estimate of drug-likeness (QED) is 0.870. The highest BCUT2D eigenvalue weighted by Gasteiger charge is 2.18. The van der Waals surface area contributed by atoms with E-state index in [0.29, 0.717) is 11.1 Å². The van der Waals surface area contributed by atoms with Gasteiger partial charge in [0, 0.05) is 11.8 Å². The van der Waals surface area contributed by atoms with Crippen LogP contribution < -0.4 is 0 Å². The molecule has 0 spiro atoms. The molecule has 1 aromatic carbocycles. The van der Waals surface area contributed by atoms with Gasteiger partial charge in [-0.15, -0.1) is 0 Å². The fourth-order valence-electron chi connectivity index (χ4n) is 1.86. The average molecular weight is 254 g/mol. The molecule has 0 saturated heterocycles. The molecule has 0 radical (unpaired) electrons. The Kier molecular flexibility index (Phi) is 3.41. The molecule has 1 aromatic heterocycles. The van der Waals surface area contributed by atoms with Gasteiger partial charge in [-0.1, -0.05) is 26.0 Å². The van der Waals surface area contributed by atoms with Crippen molar-refractivity contribution >= 4 is 0 Å². The van der Waals surface area contributed by atoms with Crippen LogP contribution in [0.3, 0.4) is 0 Å². The van der Waals surface area contributed by atoms with Crippen LogP contribution in [0.1, 0.15) is 37.4 Å². The molecule has 2 nitrogen and oxygen atoms in total. The number of hydrogen-bond donors (Lipinski definition) is 1. The predicted octanol–water partition coefficient (Wildman–Crippen LogP) is 4.28. The Bertz CT molecular complexity index is 547. The van der Waals surface area contributed by atoms with Crippen molar-refractivity contribution in [3.05, 3.63) is 41.5 Å². The summed E-state index contributed by atoms with van der Waals surface area (Å²) in [6, 6.07) is 4.53. The van der Waals surface area contributed by atoms with E-state index >= 15 is 0 Å². The Hall–Kier alpha value is -1.78. The molecule has 2 aromatic rings. The first-order chi connectivity index (χ1) is 8.50. The molecule has 1 heterocycles. The molecule has 96 valence electrons. The van der Waals surface area contributed by atoms with E-state index in [1.165, 1.54) is 12.3 Å². The van der Waals surface area contributed by atoms with Gasteiger partial charge in [-0.3, -0.25) is 5.10 Å². The highest BCUT2D eigenvalue weighted by molar-refractivity contribution is 5.66. The molecule has 0 aliphatic rings. The molecule has 0 bridgehead atoms. The summed E-state index contributed by atoms with van der Waals surface area (Å²) in [7, 11) is 0. The van der Waals surface area contributed by atoms with E-state index < -0.39 is 6.43 Å². The second kappa shape index (κ2) is 4.84. The maximum Gasteiger partial charge on any atom is 0.282 e. The van der Waals surface area contributed by atoms with Crippen molar-refractivity contribution in [3.63, 3.8) is 0 Å². The number of alkyl halides is 2. The first-order valence-electron chi connectivity index (χ1n) is 5.62. The molecule has 0 saturated carbocycles. The van der Waals surface area contributed by atoms with E-state index in [1.807, 2.05) is 13.8 Å². The van der Waals surface area contributed by atoms with E-state index in [0.717, 1.165) is 0 Å². The number of nitrogens with zero attached hydrogens (tertiary/aromatic N) is 1. The van der Waals surface area contributed by atoms with Gasteiger partial charge >= 0.3 is 0 Å². The van der Waals surface area contributed by atoms with Crippen LogP contribution in [-0.4, -0.2) is 10.2 Å². The molecule has 1 N–H and O–H groups in total. The summed E-state index contributed by atoms with van der Waals surface area (Å²) in [6.07, 6.45) is -1.33. The Morgan fingerprint density at radius 2 is 1.94 bits per heavy atom. The Balaban J connectivity index is 2.46. The zero-order valence-electron chi connectivity index (χ0n) is 10.0. The van der Waals surface area contributed by atoms with Crippen molar-refractivity contribution in [2.75, 3.05) is 0 Å². The Labute approximate surface area is 103 Å². The number of benzene rings is 1. The van der Waals surface area contributed by atoms with Gasteiger partial charge in [-0.2, -0.15) is 5.10 Å². The summed E-state index contributed by atoms with van der Waals surface area (Å²) in [5.74, 6) is -0.332. The minimum atomic E-state index is -2.68. The zero-order chi connectivity index (χ0) is 13.3. The number of aromatic amines is 1. The summed E-state index contributed by atoms with van der Waals surface area (Å²) >= 11 is 0. The molecule has 0 aliphatic carbocycles. The highest BCUT2D eigenvalue weighted by atomic mass is 19.3. The summed E-state index contributed by atoms with van der Waals surface area (Å²) in [6.45, 7) is 3.75. The minimum absolute atomic E-state index is 0.0537. The topological polar surface area (TPSA) is 28.7 Å². The predicted molar refractivity (Wildman–Crippen MR) is 63.0 cm³/mol. The van der Waals surface area contributed by atoms with Gasteiger partial charge in [0.25, 0.3) is 6.43 Å². The molecule has 5 heteroatoms. The fraction of sp³-hybridized carbons (Fsp3) is 0.308. The first-order valence-corrected chi connectivity index (χ1v) is 5.62. The lowest BCUT2D eigenvalue weighted by molar-refractivity contribution is 0.146. The second-order valence-corrected chi connectivity index (χ2v) is 4.38. The number of halogens is 3. The van der Waals surface area contributed by atoms with Gasteiger partial charge in [0.15, 0.2) is 0 Å². The third-order valence-electron chi connectivity index (χ3n) is 2.81. The number of aromatic nitrogens is 2. The molecule has 0 aliphatic heterocycles. The molecule has 0 unspecified atom stereocenters. The molecular formula is C13H13F3N2. The molecule has 0 atom stereocenters. The van der Waals surface area contributed by atoms with Crippen molar-refractivity contribution in [2.45, 2.75) is 26.2 Å². The van der Waals surface area contributed by atoms with Gasteiger partial charge in [-0.05, 0) is 23.1 Å². The van der Waals surface area contributed by atoms with Crippen molar-refractivity contribution in [1.82, 2.24) is 10.2 Å². The van der Waals surface area contributed by atoms with Gasteiger partial charge in [0.2, 0.25) is 0 Å². The van der Waals surface area contributed by atoms with Gasteiger partial charge in [-0.25, -0.2) is 13.2 Å². The van der Waals surface area contributed by atoms with E-state index in [4.69, 9.17) is 0 Å². The number of H-pyrrole nitrogens is 1. The third kappa shape index (κ3) is 2.25. The maximum absolute atomic E-state index is 13.8. The van der Waals surface area contributed by atoms with Crippen LogP contribution in [0.5, 0.6) is 0 Å². The van der Waals surface area contributed by atoms with Crippen LogP contribution in [0.25, 0.3) is 11.1 Å². The summed E-state index contributed by atoms with van der Waals surface area (Å²) in [5, 5.41) is 5.86. The standard InChI is InChI=1S/C13H13F3N2/c1-7(2)9-4-3-8(5-11(9)14)10-6-17-18-12(10)13(15)16/h3-7,13H,1-2H3,(H,17,18). The summed E-state index contributed by atoms with van der Waals surface area (Å²) in [5.41, 5.74) is 0.854. The Morgan fingerprint density at radius 1 is 1.22 bits per heavy atom. The van der Waals surface area contributed by atoms with Crippen LogP contribution in [0, 0.1) is 5.82 Å². The summed E-state index contributed by atoms with van der Waals surface area (Å²) in [4.78, 5) is 0. The first kappa shape index (κ1) is 12.7. The Morgan fingerprint density at radius 3 is 2.50 bits per heavy atom. The van der Waals surface area contributed by atoms with Gasteiger partial charge in [0.05, 0.1) is 0 Å². The molecule has 0 fully saturated rings. The lowest BCUT2D eigenvalue weighted by Gasteiger charge is -2.09. The van der Waals surface area contributed by atoms with Crippen molar-refractivity contribution in [1.29, 1.82) is 0 Å². The highest BCUT2D eigenvalue weighted by Crippen LogP contribution is 2.31. The fourth-order valence-corrected chi connectivity index (χ4v) is 1.86. The largest absolute Gasteiger partial charge is 0.285 e. The third-order valence-corrected chi connectivity index (χ3v) is 2.81. The molecular weight excluding hydrogens is 241 g/mol. The second-order valence-electron chi connectivity index (χ2n) is 4.38. The van der Waals surface area contributed by atoms with Crippen molar-refractivity contribution < 1.29 is 13.2 Å². The van der Waals surface area contributed by atoms with E-state index in [-0.39, 0.29) is 23.0 Å². The number of rotatable bonds is 3. The van der Waals surface area contributed by atoms with Gasteiger partial charge < -0.3 is 0 Å². The van der Waals surface area contributed by atoms with Crippen LogP contribution >= 0.6 is 0 Å². The van der Waals surface area contributed by atoms with E-state index in [2.05, 4.69) is 10.2 Å².